The number of hydrogen-bond donors (Lipinski definition) is 0. The number of benzene rings is 2. The molecule has 0 radical (unpaired) electrons. The highest BCUT2D eigenvalue weighted by atomic mass is 35.5. The first-order valence-electron chi connectivity index (χ1n) is 10.6. The van der Waals surface area contributed by atoms with Gasteiger partial charge < -0.3 is 4.90 Å². The summed E-state index contributed by atoms with van der Waals surface area (Å²) in [7, 11) is 0. The van der Waals surface area contributed by atoms with Crippen LogP contribution in [0.1, 0.15) is 21.7 Å². The molecule has 0 unspecified atom stereocenters. The van der Waals surface area contributed by atoms with Crippen LogP contribution in [0.15, 0.2) is 60.8 Å². The summed E-state index contributed by atoms with van der Waals surface area (Å²) in [6.07, 6.45) is 1.75. The molecule has 1 saturated heterocycles. The Morgan fingerprint density at radius 1 is 0.969 bits per heavy atom. The molecule has 1 fully saturated rings. The van der Waals surface area contributed by atoms with E-state index in [1.54, 1.807) is 10.7 Å². The summed E-state index contributed by atoms with van der Waals surface area (Å²) in [5.41, 5.74) is 4.74. The minimum atomic E-state index is -0.0974. The van der Waals surface area contributed by atoms with Crippen LogP contribution in [0.4, 0.5) is 0 Å². The molecule has 2 aromatic heterocycles. The number of halogens is 1. The monoisotopic (exact) mass is 446 g/mol. The topological polar surface area (TPSA) is 66.6 Å². The molecule has 1 aliphatic rings. The lowest BCUT2D eigenvalue weighted by molar-refractivity contribution is 0.0620. The van der Waals surface area contributed by atoms with Crippen molar-refractivity contribution in [1.29, 1.82) is 0 Å². The quantitative estimate of drug-likeness (QED) is 0.478. The van der Waals surface area contributed by atoms with Crippen LogP contribution in [0.3, 0.4) is 0 Å². The van der Waals surface area contributed by atoms with E-state index in [0.29, 0.717) is 35.1 Å². The Labute approximate surface area is 191 Å². The molecule has 0 atom stereocenters. The second kappa shape index (κ2) is 8.68. The molecule has 162 valence electrons. The average Bonchev–Trinajstić information content (AvgIpc) is 3.26. The third kappa shape index (κ3) is 3.97. The van der Waals surface area contributed by atoms with Crippen LogP contribution in [-0.2, 0) is 6.54 Å². The zero-order valence-corrected chi connectivity index (χ0v) is 18.5. The van der Waals surface area contributed by atoms with Gasteiger partial charge in [0.25, 0.3) is 5.91 Å². The second-order valence-corrected chi connectivity index (χ2v) is 8.42. The van der Waals surface area contributed by atoms with E-state index in [0.717, 1.165) is 30.8 Å². The van der Waals surface area contributed by atoms with Crippen molar-refractivity contribution in [3.05, 3.63) is 82.8 Å². The summed E-state index contributed by atoms with van der Waals surface area (Å²) in [5.74, 6) is -0.0974. The lowest BCUT2D eigenvalue weighted by Gasteiger charge is -2.34. The Bertz CT molecular complexity index is 1250. The molecular weight excluding hydrogens is 424 g/mol. The smallest absolute Gasteiger partial charge is 0.276 e. The Morgan fingerprint density at radius 2 is 1.69 bits per heavy atom. The first-order valence-corrected chi connectivity index (χ1v) is 11.0. The number of carbonyl (C=O) groups excluding carboxylic acids is 1. The van der Waals surface area contributed by atoms with Gasteiger partial charge in [0.2, 0.25) is 0 Å². The summed E-state index contributed by atoms with van der Waals surface area (Å²) in [4.78, 5) is 17.4. The number of rotatable bonds is 4. The van der Waals surface area contributed by atoms with Crippen molar-refractivity contribution in [3.63, 3.8) is 0 Å². The molecular formula is C24H23ClN6O. The van der Waals surface area contributed by atoms with Crippen LogP contribution in [-0.4, -0.2) is 61.7 Å². The van der Waals surface area contributed by atoms with E-state index in [9.17, 15) is 4.79 Å². The largest absolute Gasteiger partial charge is 0.335 e. The summed E-state index contributed by atoms with van der Waals surface area (Å²) in [5, 5.41) is 13.8. The first kappa shape index (κ1) is 20.6. The average molecular weight is 447 g/mol. The molecule has 8 heteroatoms. The van der Waals surface area contributed by atoms with Crippen LogP contribution in [0.5, 0.6) is 0 Å². The van der Waals surface area contributed by atoms with E-state index < -0.39 is 0 Å². The van der Waals surface area contributed by atoms with Crippen molar-refractivity contribution in [2.24, 2.45) is 0 Å². The van der Waals surface area contributed by atoms with E-state index in [-0.39, 0.29) is 5.91 Å². The highest BCUT2D eigenvalue weighted by molar-refractivity contribution is 6.30. The maximum absolute atomic E-state index is 13.2. The molecule has 0 spiro atoms. The fraction of sp³-hybridized carbons (Fsp3) is 0.250. The van der Waals surface area contributed by atoms with E-state index in [4.69, 9.17) is 11.6 Å². The summed E-state index contributed by atoms with van der Waals surface area (Å²) >= 11 is 6.00. The van der Waals surface area contributed by atoms with Crippen molar-refractivity contribution < 1.29 is 4.79 Å². The molecule has 4 aromatic rings. The normalized spacial score (nSPS) is 14.8. The standard InChI is InChI=1S/C24H23ClN6O/c1-17-22(24(32)30-13-11-29(12-14-30)16-18-5-3-2-4-6-18)27-28-23-21(15-26-31(17)23)19-7-9-20(25)10-8-19/h2-10,15H,11-14,16H2,1H3. The number of piperazine rings is 1. The van der Waals surface area contributed by atoms with Crippen molar-refractivity contribution in [3.8, 4) is 11.1 Å². The van der Waals surface area contributed by atoms with Crippen LogP contribution >= 0.6 is 11.6 Å². The first-order chi connectivity index (χ1) is 15.6. The van der Waals surface area contributed by atoms with Crippen LogP contribution in [0.25, 0.3) is 16.8 Å². The van der Waals surface area contributed by atoms with Crippen molar-refractivity contribution in [2.75, 3.05) is 26.2 Å². The van der Waals surface area contributed by atoms with Crippen LogP contribution in [0.2, 0.25) is 5.02 Å². The van der Waals surface area contributed by atoms with Crippen molar-refractivity contribution in [2.45, 2.75) is 13.5 Å². The molecule has 0 N–H and O–H groups in total. The molecule has 0 aliphatic carbocycles. The third-order valence-electron chi connectivity index (χ3n) is 5.92. The molecule has 7 nitrogen and oxygen atoms in total. The van der Waals surface area contributed by atoms with Gasteiger partial charge in [-0.05, 0) is 30.2 Å². The number of aromatic nitrogens is 4. The summed E-state index contributed by atoms with van der Waals surface area (Å²) in [6, 6.07) is 17.9. The maximum atomic E-state index is 13.2. The van der Waals surface area contributed by atoms with Gasteiger partial charge in [-0.2, -0.15) is 5.10 Å². The lowest BCUT2D eigenvalue weighted by atomic mass is 10.1. The highest BCUT2D eigenvalue weighted by Gasteiger charge is 2.26. The van der Waals surface area contributed by atoms with E-state index in [1.807, 2.05) is 42.2 Å². The molecule has 0 saturated carbocycles. The molecule has 5 rings (SSSR count). The molecule has 3 heterocycles. The van der Waals surface area contributed by atoms with E-state index in [2.05, 4.69) is 44.5 Å². The number of aryl methyl sites for hydroxylation is 1. The number of carbonyl (C=O) groups is 1. The second-order valence-electron chi connectivity index (χ2n) is 7.99. The maximum Gasteiger partial charge on any atom is 0.276 e. The summed E-state index contributed by atoms with van der Waals surface area (Å²) < 4.78 is 1.69. The van der Waals surface area contributed by atoms with Crippen LogP contribution < -0.4 is 0 Å². The molecule has 2 aromatic carbocycles. The third-order valence-corrected chi connectivity index (χ3v) is 6.17. The number of fused-ring (bicyclic) bond motifs is 1. The van der Waals surface area contributed by atoms with E-state index >= 15 is 0 Å². The van der Waals surface area contributed by atoms with Crippen molar-refractivity contribution >= 4 is 23.2 Å². The molecule has 1 aliphatic heterocycles. The molecule has 0 bridgehead atoms. The number of hydrogen-bond acceptors (Lipinski definition) is 5. The van der Waals surface area contributed by atoms with Gasteiger partial charge in [-0.15, -0.1) is 10.2 Å². The van der Waals surface area contributed by atoms with E-state index in [1.165, 1.54) is 5.56 Å². The lowest BCUT2D eigenvalue weighted by Crippen LogP contribution is -2.48. The zero-order chi connectivity index (χ0) is 22.1. The van der Waals surface area contributed by atoms with Gasteiger partial charge in [0.05, 0.1) is 11.9 Å². The minimum absolute atomic E-state index is 0.0974. The molecule has 32 heavy (non-hydrogen) atoms. The van der Waals surface area contributed by atoms with Gasteiger partial charge in [0.1, 0.15) is 0 Å². The van der Waals surface area contributed by atoms with Crippen molar-refractivity contribution in [1.82, 2.24) is 29.6 Å². The molecule has 1 amide bonds. The highest BCUT2D eigenvalue weighted by Crippen LogP contribution is 2.25. The zero-order valence-electron chi connectivity index (χ0n) is 17.8. The Morgan fingerprint density at radius 3 is 2.41 bits per heavy atom. The van der Waals surface area contributed by atoms with Gasteiger partial charge in [0, 0.05) is 43.3 Å². The van der Waals surface area contributed by atoms with Gasteiger partial charge in [-0.25, -0.2) is 4.52 Å². The Kier molecular flexibility index (Phi) is 5.59. The fourth-order valence-corrected chi connectivity index (χ4v) is 4.21. The SMILES string of the molecule is Cc1c(C(=O)N2CCN(Cc3ccccc3)CC2)nnc2c(-c3ccc(Cl)cc3)cnn12. The Balaban J connectivity index is 1.32. The van der Waals surface area contributed by atoms with Crippen LogP contribution in [0, 0.1) is 6.92 Å². The fourth-order valence-electron chi connectivity index (χ4n) is 4.08. The van der Waals surface area contributed by atoms with Gasteiger partial charge in [0.15, 0.2) is 11.3 Å². The number of amides is 1. The van der Waals surface area contributed by atoms with Gasteiger partial charge in [-0.1, -0.05) is 54.1 Å². The Hall–Kier alpha value is -3.29. The van der Waals surface area contributed by atoms with Gasteiger partial charge in [-0.3, -0.25) is 9.69 Å². The number of nitrogens with zero attached hydrogens (tertiary/aromatic N) is 6. The predicted octanol–water partition coefficient (Wildman–Crippen LogP) is 3.71. The minimum Gasteiger partial charge on any atom is -0.335 e. The summed E-state index contributed by atoms with van der Waals surface area (Å²) in [6.45, 7) is 5.75. The predicted molar refractivity (Wildman–Crippen MR) is 124 cm³/mol. The van der Waals surface area contributed by atoms with Gasteiger partial charge >= 0.3 is 0 Å².